The molecule has 0 aromatic heterocycles. The van der Waals surface area contributed by atoms with E-state index in [1.807, 2.05) is 25.1 Å². The van der Waals surface area contributed by atoms with Crippen molar-refractivity contribution in [2.45, 2.75) is 52.1 Å². The minimum atomic E-state index is 0.0276. The van der Waals surface area contributed by atoms with Crippen LogP contribution in [-0.4, -0.2) is 35.5 Å². The second kappa shape index (κ2) is 6.49. The molecule has 116 valence electrons. The Bertz CT molecular complexity index is 514. The lowest BCUT2D eigenvalue weighted by molar-refractivity contribution is 0.0812. The molecule has 2 rings (SSSR count). The van der Waals surface area contributed by atoms with Crippen molar-refractivity contribution in [1.29, 1.82) is 0 Å². The van der Waals surface area contributed by atoms with E-state index in [2.05, 4.69) is 46.9 Å². The zero-order valence-electron chi connectivity index (χ0n) is 13.4. The molecular formula is C17H25BrN2O. The van der Waals surface area contributed by atoms with Gasteiger partial charge in [0.15, 0.2) is 0 Å². The van der Waals surface area contributed by atoms with Gasteiger partial charge in [-0.15, -0.1) is 0 Å². The number of hydrogen-bond acceptors (Lipinski definition) is 2. The van der Waals surface area contributed by atoms with Crippen molar-refractivity contribution in [3.05, 3.63) is 33.8 Å². The summed E-state index contributed by atoms with van der Waals surface area (Å²) in [5, 5.41) is 3.18. The Morgan fingerprint density at radius 1 is 1.29 bits per heavy atom. The minimum absolute atomic E-state index is 0.0276. The molecule has 1 saturated heterocycles. The molecule has 1 amide bonds. The van der Waals surface area contributed by atoms with Crippen LogP contribution < -0.4 is 5.32 Å². The summed E-state index contributed by atoms with van der Waals surface area (Å²) in [5.74, 6) is 0.0276. The van der Waals surface area contributed by atoms with Gasteiger partial charge >= 0.3 is 0 Å². The molecule has 1 heterocycles. The first-order valence-corrected chi connectivity index (χ1v) is 8.39. The summed E-state index contributed by atoms with van der Waals surface area (Å²) in [4.78, 5) is 14.9. The Balaban J connectivity index is 1.95. The second-order valence-electron chi connectivity index (χ2n) is 6.84. The molecule has 0 atom stereocenters. The van der Waals surface area contributed by atoms with Gasteiger partial charge in [0.05, 0.1) is 5.56 Å². The maximum atomic E-state index is 12.4. The number of likely N-dealkylation sites (tertiary alicyclic amines) is 1. The van der Waals surface area contributed by atoms with Crippen LogP contribution in [0, 0.1) is 6.92 Å². The van der Waals surface area contributed by atoms with Gasteiger partial charge in [0.2, 0.25) is 0 Å². The Hall–Kier alpha value is -0.870. The highest BCUT2D eigenvalue weighted by Gasteiger charge is 2.27. The van der Waals surface area contributed by atoms with Gasteiger partial charge in [0.1, 0.15) is 0 Å². The largest absolute Gasteiger partial charge is 0.349 e. The molecule has 0 bridgehead atoms. The first-order valence-electron chi connectivity index (χ1n) is 7.60. The second-order valence-corrected chi connectivity index (χ2v) is 7.64. The van der Waals surface area contributed by atoms with E-state index in [0.717, 1.165) is 41.5 Å². The van der Waals surface area contributed by atoms with Crippen LogP contribution in [0.25, 0.3) is 0 Å². The van der Waals surface area contributed by atoms with Crippen LogP contribution in [0.5, 0.6) is 0 Å². The Morgan fingerprint density at radius 2 is 1.90 bits per heavy atom. The summed E-state index contributed by atoms with van der Waals surface area (Å²) < 4.78 is 0.898. The highest BCUT2D eigenvalue weighted by atomic mass is 79.9. The molecule has 0 radical (unpaired) electrons. The van der Waals surface area contributed by atoms with Gasteiger partial charge < -0.3 is 5.32 Å². The fourth-order valence-electron chi connectivity index (χ4n) is 2.78. The van der Waals surface area contributed by atoms with Gasteiger partial charge in [-0.1, -0.05) is 12.1 Å². The molecule has 21 heavy (non-hydrogen) atoms. The Labute approximate surface area is 136 Å². The van der Waals surface area contributed by atoms with Crippen molar-refractivity contribution in [2.24, 2.45) is 0 Å². The highest BCUT2D eigenvalue weighted by Crippen LogP contribution is 2.23. The number of amides is 1. The van der Waals surface area contributed by atoms with Crippen LogP contribution in [0.4, 0.5) is 0 Å². The highest BCUT2D eigenvalue weighted by molar-refractivity contribution is 9.10. The first kappa shape index (κ1) is 16.5. The van der Waals surface area contributed by atoms with E-state index >= 15 is 0 Å². The molecule has 3 nitrogen and oxygen atoms in total. The molecular weight excluding hydrogens is 328 g/mol. The van der Waals surface area contributed by atoms with E-state index < -0.39 is 0 Å². The standard InChI is InChI=1S/C17H25BrN2O/c1-12-6-5-7-14(15(12)18)16(21)19-13-8-10-20(11-9-13)17(2,3)4/h5-7,13H,8-11H2,1-4H3,(H,19,21). The van der Waals surface area contributed by atoms with Gasteiger partial charge in [-0.25, -0.2) is 0 Å². The maximum absolute atomic E-state index is 12.4. The average Bonchev–Trinajstić information content (AvgIpc) is 2.41. The van der Waals surface area contributed by atoms with Gasteiger partial charge in [-0.2, -0.15) is 0 Å². The normalized spacial score (nSPS) is 17.8. The maximum Gasteiger partial charge on any atom is 0.252 e. The van der Waals surface area contributed by atoms with E-state index in [4.69, 9.17) is 0 Å². The number of aryl methyl sites for hydroxylation is 1. The van der Waals surface area contributed by atoms with Crippen LogP contribution >= 0.6 is 15.9 Å². The minimum Gasteiger partial charge on any atom is -0.349 e. The number of carbonyl (C=O) groups is 1. The van der Waals surface area contributed by atoms with E-state index in [0.29, 0.717) is 0 Å². The van der Waals surface area contributed by atoms with Crippen molar-refractivity contribution < 1.29 is 4.79 Å². The number of benzene rings is 1. The third kappa shape index (κ3) is 4.07. The topological polar surface area (TPSA) is 32.3 Å². The lowest BCUT2D eigenvalue weighted by Crippen LogP contribution is -2.50. The SMILES string of the molecule is Cc1cccc(C(=O)NC2CCN(C(C)(C)C)CC2)c1Br. The molecule has 1 aromatic carbocycles. The van der Waals surface area contributed by atoms with Crippen LogP contribution in [0.3, 0.4) is 0 Å². The molecule has 1 fully saturated rings. The molecule has 0 aliphatic carbocycles. The smallest absolute Gasteiger partial charge is 0.252 e. The van der Waals surface area contributed by atoms with Crippen LogP contribution in [0.1, 0.15) is 49.5 Å². The summed E-state index contributed by atoms with van der Waals surface area (Å²) in [6.45, 7) is 10.8. The lowest BCUT2D eigenvalue weighted by Gasteiger charge is -2.41. The predicted octanol–water partition coefficient (Wildman–Crippen LogP) is 3.75. The molecule has 1 aromatic rings. The third-order valence-electron chi connectivity index (χ3n) is 4.22. The van der Waals surface area contributed by atoms with E-state index in [-0.39, 0.29) is 17.5 Å². The number of piperidine rings is 1. The zero-order chi connectivity index (χ0) is 15.6. The average molecular weight is 353 g/mol. The monoisotopic (exact) mass is 352 g/mol. The molecule has 0 saturated carbocycles. The number of carbonyl (C=O) groups excluding carboxylic acids is 1. The van der Waals surface area contributed by atoms with Crippen molar-refractivity contribution in [3.63, 3.8) is 0 Å². The van der Waals surface area contributed by atoms with Crippen molar-refractivity contribution in [3.8, 4) is 0 Å². The fraction of sp³-hybridized carbons (Fsp3) is 0.588. The predicted molar refractivity (Wildman–Crippen MR) is 90.7 cm³/mol. The molecule has 1 N–H and O–H groups in total. The molecule has 0 spiro atoms. The van der Waals surface area contributed by atoms with E-state index in [9.17, 15) is 4.79 Å². The van der Waals surface area contributed by atoms with Gasteiger partial charge in [-0.3, -0.25) is 9.69 Å². The number of hydrogen-bond donors (Lipinski definition) is 1. The number of rotatable bonds is 2. The number of halogens is 1. The van der Waals surface area contributed by atoms with Crippen molar-refractivity contribution in [2.75, 3.05) is 13.1 Å². The van der Waals surface area contributed by atoms with E-state index in [1.165, 1.54) is 0 Å². The van der Waals surface area contributed by atoms with E-state index in [1.54, 1.807) is 0 Å². The summed E-state index contributed by atoms with van der Waals surface area (Å²) >= 11 is 3.51. The Kier molecular flexibility index (Phi) is 5.10. The Morgan fingerprint density at radius 3 is 2.48 bits per heavy atom. The summed E-state index contributed by atoms with van der Waals surface area (Å²) in [7, 11) is 0. The van der Waals surface area contributed by atoms with Crippen LogP contribution in [-0.2, 0) is 0 Å². The number of nitrogens with zero attached hydrogens (tertiary/aromatic N) is 1. The summed E-state index contributed by atoms with van der Waals surface area (Å²) in [6, 6.07) is 6.08. The third-order valence-corrected chi connectivity index (χ3v) is 5.27. The van der Waals surface area contributed by atoms with Gasteiger partial charge in [0, 0.05) is 29.1 Å². The molecule has 1 aliphatic rings. The lowest BCUT2D eigenvalue weighted by atomic mass is 9.98. The van der Waals surface area contributed by atoms with Gasteiger partial charge in [0.25, 0.3) is 5.91 Å². The first-order chi connectivity index (χ1) is 9.79. The summed E-state index contributed by atoms with van der Waals surface area (Å²) in [6.07, 6.45) is 2.04. The molecule has 4 heteroatoms. The fourth-order valence-corrected chi connectivity index (χ4v) is 3.22. The van der Waals surface area contributed by atoms with Crippen LogP contribution in [0.2, 0.25) is 0 Å². The zero-order valence-corrected chi connectivity index (χ0v) is 15.0. The molecule has 0 unspecified atom stereocenters. The van der Waals surface area contributed by atoms with Crippen molar-refractivity contribution >= 4 is 21.8 Å². The van der Waals surface area contributed by atoms with Gasteiger partial charge in [-0.05, 0) is 68.1 Å². The number of nitrogens with one attached hydrogen (secondary N) is 1. The van der Waals surface area contributed by atoms with Crippen LogP contribution in [0.15, 0.2) is 22.7 Å². The molecule has 1 aliphatic heterocycles. The summed E-state index contributed by atoms with van der Waals surface area (Å²) in [5.41, 5.74) is 2.03. The van der Waals surface area contributed by atoms with Crippen molar-refractivity contribution in [1.82, 2.24) is 10.2 Å². The quantitative estimate of drug-likeness (QED) is 0.878.